The van der Waals surface area contributed by atoms with Crippen LogP contribution in [-0.2, 0) is 4.57 Å². The number of benzene rings is 6. The first-order valence-corrected chi connectivity index (χ1v) is 16.2. The minimum absolute atomic E-state index is 0.804. The highest BCUT2D eigenvalue weighted by molar-refractivity contribution is 7.85. The van der Waals surface area contributed by atoms with Crippen LogP contribution >= 0.6 is 18.5 Å². The summed E-state index contributed by atoms with van der Waals surface area (Å²) in [5.41, 5.74) is 2.83. The number of fused-ring (bicyclic) bond motifs is 7. The van der Waals surface area contributed by atoms with E-state index in [0.717, 1.165) is 43.5 Å². The molecule has 2 heterocycles. The van der Waals surface area contributed by atoms with Gasteiger partial charge in [-0.3, -0.25) is 0 Å². The van der Waals surface area contributed by atoms with E-state index in [1.54, 1.807) is 0 Å². The number of pyridine rings is 1. The molecule has 8 aromatic rings. The van der Waals surface area contributed by atoms with Gasteiger partial charge in [-0.2, -0.15) is 0 Å². The van der Waals surface area contributed by atoms with Gasteiger partial charge in [-0.05, 0) is 18.2 Å². The lowest BCUT2D eigenvalue weighted by molar-refractivity contribution is 0.592. The summed E-state index contributed by atoms with van der Waals surface area (Å²) in [6.45, 7) is 0. The van der Waals surface area contributed by atoms with Gasteiger partial charge < -0.3 is 4.57 Å². The molecule has 0 aliphatic rings. The van der Waals surface area contributed by atoms with Crippen molar-refractivity contribution in [1.82, 2.24) is 4.98 Å². The fourth-order valence-electron chi connectivity index (χ4n) is 6.01. The number of para-hydroxylation sites is 1. The van der Waals surface area contributed by atoms with Crippen LogP contribution in [0.15, 0.2) is 146 Å². The Kier molecular flexibility index (Phi) is 5.63. The molecule has 41 heavy (non-hydrogen) atoms. The highest BCUT2D eigenvalue weighted by Gasteiger charge is 2.30. The topological polar surface area (TPSA) is 30.0 Å². The first-order valence-electron chi connectivity index (χ1n) is 13.7. The van der Waals surface area contributed by atoms with Crippen molar-refractivity contribution in [3.8, 4) is 11.3 Å². The quantitative estimate of drug-likeness (QED) is 0.158. The predicted octanol–water partition coefficient (Wildman–Crippen LogP) is 9.06. The smallest absolute Gasteiger partial charge is 0.171 e. The molecular weight excluding hydrogens is 537 g/mol. The van der Waals surface area contributed by atoms with Crippen LogP contribution in [0.2, 0.25) is 0 Å². The molecule has 0 atom stereocenters. The molecule has 0 fully saturated rings. The van der Waals surface area contributed by atoms with Gasteiger partial charge in [0.15, 0.2) is 7.14 Å². The summed E-state index contributed by atoms with van der Waals surface area (Å²) in [6, 6.07) is 49.3. The lowest BCUT2D eigenvalue weighted by atomic mass is 9.98. The maximum atomic E-state index is 15.1. The number of thiophene rings is 1. The molecule has 4 heteroatoms. The van der Waals surface area contributed by atoms with Crippen molar-refractivity contribution in [2.24, 2.45) is 0 Å². The largest absolute Gasteiger partial charge is 0.309 e. The van der Waals surface area contributed by atoms with Crippen LogP contribution in [0.5, 0.6) is 0 Å². The van der Waals surface area contributed by atoms with E-state index in [-0.39, 0.29) is 0 Å². The van der Waals surface area contributed by atoms with Gasteiger partial charge in [0, 0.05) is 57.8 Å². The zero-order valence-corrected chi connectivity index (χ0v) is 23.8. The number of hydrogen-bond acceptors (Lipinski definition) is 3. The highest BCUT2D eigenvalue weighted by atomic mass is 32.1. The van der Waals surface area contributed by atoms with Gasteiger partial charge in [0.1, 0.15) is 0 Å². The van der Waals surface area contributed by atoms with Gasteiger partial charge in [-0.1, -0.05) is 127 Å². The molecule has 2 nitrogen and oxygen atoms in total. The van der Waals surface area contributed by atoms with Crippen molar-refractivity contribution >= 4 is 76.2 Å². The third-order valence-corrected chi connectivity index (χ3v) is 12.2. The van der Waals surface area contributed by atoms with E-state index in [1.165, 1.54) is 25.6 Å². The van der Waals surface area contributed by atoms with E-state index < -0.39 is 7.14 Å². The molecule has 0 aliphatic heterocycles. The molecule has 0 spiro atoms. The first kappa shape index (κ1) is 24.3. The Morgan fingerprint density at radius 3 is 1.88 bits per heavy atom. The number of rotatable bonds is 4. The van der Waals surface area contributed by atoms with Crippen molar-refractivity contribution in [3.05, 3.63) is 146 Å². The highest BCUT2D eigenvalue weighted by Crippen LogP contribution is 2.45. The maximum Gasteiger partial charge on any atom is 0.171 e. The SMILES string of the molecule is O=P(c1ccccc1)(c1ccccc1)c1cccc(-c2nc3ccccc3c3c2ccc2c4ccccc4sc23)c1. The zero-order valence-electron chi connectivity index (χ0n) is 22.1. The summed E-state index contributed by atoms with van der Waals surface area (Å²) in [5, 5.41) is 8.49. The standard InChI is InChI=1S/C37H24NOPS/c39-40(26-13-3-1-4-14-26,27-15-5-2-6-16-27)28-17-11-12-25(24-28)36-32-23-22-30-29-18-8-10-21-34(29)41-37(30)35(32)31-19-7-9-20-33(31)38-36/h1-24H. The average Bonchev–Trinajstić information content (AvgIpc) is 3.44. The summed E-state index contributed by atoms with van der Waals surface area (Å²) in [7, 11) is -3.12. The molecule has 8 rings (SSSR count). The second kappa shape index (κ2) is 9.52. The van der Waals surface area contributed by atoms with Crippen LogP contribution in [0, 0.1) is 0 Å². The summed E-state index contributed by atoms with van der Waals surface area (Å²) in [6.07, 6.45) is 0. The van der Waals surface area contributed by atoms with E-state index in [4.69, 9.17) is 4.98 Å². The molecule has 0 aliphatic carbocycles. The van der Waals surface area contributed by atoms with Gasteiger partial charge in [0.2, 0.25) is 0 Å². The van der Waals surface area contributed by atoms with Crippen LogP contribution in [0.3, 0.4) is 0 Å². The molecule has 0 N–H and O–H groups in total. The fourth-order valence-corrected chi connectivity index (χ4v) is 9.97. The van der Waals surface area contributed by atoms with Gasteiger partial charge in [-0.15, -0.1) is 11.3 Å². The number of nitrogens with zero attached hydrogens (tertiary/aromatic N) is 1. The van der Waals surface area contributed by atoms with Crippen molar-refractivity contribution in [2.45, 2.75) is 0 Å². The van der Waals surface area contributed by atoms with Crippen LogP contribution < -0.4 is 15.9 Å². The van der Waals surface area contributed by atoms with Crippen LogP contribution in [0.1, 0.15) is 0 Å². The predicted molar refractivity (Wildman–Crippen MR) is 177 cm³/mol. The summed E-state index contributed by atoms with van der Waals surface area (Å²) in [4.78, 5) is 5.22. The Labute approximate surface area is 241 Å². The monoisotopic (exact) mass is 561 g/mol. The van der Waals surface area contributed by atoms with Gasteiger partial charge >= 0.3 is 0 Å². The Bertz CT molecular complexity index is 2250. The Morgan fingerprint density at radius 1 is 0.512 bits per heavy atom. The fraction of sp³-hybridized carbons (Fsp3) is 0. The minimum Gasteiger partial charge on any atom is -0.309 e. The Balaban J connectivity index is 1.43. The average molecular weight is 562 g/mol. The molecule has 0 amide bonds. The normalized spacial score (nSPS) is 12.0. The molecular formula is C37H24NOPS. The maximum absolute atomic E-state index is 15.1. The molecule has 6 aromatic carbocycles. The van der Waals surface area contributed by atoms with E-state index in [0.29, 0.717) is 0 Å². The van der Waals surface area contributed by atoms with E-state index >= 15 is 4.57 Å². The zero-order chi connectivity index (χ0) is 27.4. The van der Waals surface area contributed by atoms with Crippen molar-refractivity contribution in [1.29, 1.82) is 0 Å². The molecule has 0 radical (unpaired) electrons. The molecule has 0 saturated carbocycles. The third kappa shape index (κ3) is 3.78. The summed E-state index contributed by atoms with van der Waals surface area (Å²) < 4.78 is 17.7. The minimum atomic E-state index is -3.12. The Morgan fingerprint density at radius 2 is 1.12 bits per heavy atom. The third-order valence-electron chi connectivity index (χ3n) is 7.93. The first-order chi connectivity index (χ1) is 20.2. The van der Waals surface area contributed by atoms with Gasteiger partial charge in [0.05, 0.1) is 11.2 Å². The van der Waals surface area contributed by atoms with Crippen molar-refractivity contribution in [3.63, 3.8) is 0 Å². The van der Waals surface area contributed by atoms with Crippen LogP contribution in [0.25, 0.3) is 53.1 Å². The van der Waals surface area contributed by atoms with Crippen molar-refractivity contribution < 1.29 is 4.57 Å². The molecule has 0 unspecified atom stereocenters. The molecule has 2 aromatic heterocycles. The second-order valence-electron chi connectivity index (χ2n) is 10.3. The van der Waals surface area contributed by atoms with E-state index in [1.807, 2.05) is 90.2 Å². The molecule has 0 saturated heterocycles. The van der Waals surface area contributed by atoms with Gasteiger partial charge in [-0.25, -0.2) is 4.98 Å². The molecule has 194 valence electrons. The lowest BCUT2D eigenvalue weighted by Crippen LogP contribution is -2.25. The van der Waals surface area contributed by atoms with Gasteiger partial charge in [0.25, 0.3) is 0 Å². The number of hydrogen-bond donors (Lipinski definition) is 0. The lowest BCUT2D eigenvalue weighted by Gasteiger charge is -2.21. The van der Waals surface area contributed by atoms with E-state index in [9.17, 15) is 0 Å². The Hall–Kier alpha value is -4.56. The second-order valence-corrected chi connectivity index (χ2v) is 14.1. The summed E-state index contributed by atoms with van der Waals surface area (Å²) in [5.74, 6) is 0. The summed E-state index contributed by atoms with van der Waals surface area (Å²) >= 11 is 1.84. The van der Waals surface area contributed by atoms with E-state index in [2.05, 4.69) is 66.7 Å². The van der Waals surface area contributed by atoms with Crippen LogP contribution in [-0.4, -0.2) is 4.98 Å². The van der Waals surface area contributed by atoms with Crippen LogP contribution in [0.4, 0.5) is 0 Å². The number of aromatic nitrogens is 1. The molecule has 0 bridgehead atoms. The van der Waals surface area contributed by atoms with Crippen molar-refractivity contribution in [2.75, 3.05) is 0 Å².